The van der Waals surface area contributed by atoms with Crippen molar-refractivity contribution in [2.45, 2.75) is 38.6 Å². The van der Waals surface area contributed by atoms with E-state index in [1.54, 1.807) is 29.2 Å². The molecule has 10 nitrogen and oxygen atoms in total. The van der Waals surface area contributed by atoms with E-state index in [1.807, 2.05) is 24.3 Å². The minimum atomic E-state index is -0.162. The molecule has 3 heterocycles. The summed E-state index contributed by atoms with van der Waals surface area (Å²) in [6.07, 6.45) is 3.13. The average molecular weight is 504 g/mol. The predicted molar refractivity (Wildman–Crippen MR) is 144 cm³/mol. The number of aromatic amines is 1. The summed E-state index contributed by atoms with van der Waals surface area (Å²) in [5, 5.41) is 8.86. The number of rotatable bonds is 5. The van der Waals surface area contributed by atoms with E-state index in [4.69, 9.17) is 4.98 Å². The first-order chi connectivity index (χ1) is 17.9. The third kappa shape index (κ3) is 6.02. The van der Waals surface area contributed by atoms with E-state index in [0.29, 0.717) is 43.9 Å². The Balaban J connectivity index is 1.10. The van der Waals surface area contributed by atoms with Crippen molar-refractivity contribution in [3.63, 3.8) is 0 Å². The number of nitrogens with one attached hydrogen (secondary N) is 4. The molecule has 5 rings (SSSR count). The molecular formula is C27H33N7O3. The van der Waals surface area contributed by atoms with Gasteiger partial charge in [-0.3, -0.25) is 9.59 Å². The molecule has 0 aliphatic carbocycles. The number of urea groups is 1. The van der Waals surface area contributed by atoms with Crippen LogP contribution in [0.2, 0.25) is 0 Å². The standard InChI is InChI=1S/C27H33N7O3/c1-18(35)28-20-6-4-7-21(16-20)29-25(36)19-11-14-33(15-12-19)27(37)30-22-8-5-13-34(17-22)26-31-23-9-2-3-10-24(23)32-26/h2-4,6-7,9-10,16,19,22H,5,8,11-15,17H2,1H3,(H,28,35)(H,29,36)(H,30,37)(H,31,32). The summed E-state index contributed by atoms with van der Waals surface area (Å²) < 4.78 is 0. The zero-order valence-electron chi connectivity index (χ0n) is 21.0. The lowest BCUT2D eigenvalue weighted by atomic mass is 9.96. The monoisotopic (exact) mass is 503 g/mol. The Bertz CT molecular complexity index is 1250. The van der Waals surface area contributed by atoms with Crippen molar-refractivity contribution >= 4 is 46.2 Å². The molecule has 1 unspecified atom stereocenters. The lowest BCUT2D eigenvalue weighted by Gasteiger charge is -2.36. The van der Waals surface area contributed by atoms with Crippen LogP contribution in [-0.4, -0.2) is 64.9 Å². The van der Waals surface area contributed by atoms with Gasteiger partial charge < -0.3 is 30.7 Å². The molecule has 2 saturated heterocycles. The second-order valence-corrected chi connectivity index (χ2v) is 9.82. The normalized spacial score (nSPS) is 18.5. The number of anilines is 3. The first-order valence-corrected chi connectivity index (χ1v) is 12.9. The van der Waals surface area contributed by atoms with Gasteiger partial charge in [-0.05, 0) is 56.0 Å². The van der Waals surface area contributed by atoms with Crippen molar-refractivity contribution in [3.8, 4) is 0 Å². The number of likely N-dealkylation sites (tertiary alicyclic amines) is 1. The van der Waals surface area contributed by atoms with Gasteiger partial charge in [-0.25, -0.2) is 9.78 Å². The van der Waals surface area contributed by atoms with E-state index in [1.165, 1.54) is 6.92 Å². The van der Waals surface area contributed by atoms with Gasteiger partial charge in [0.2, 0.25) is 17.8 Å². The van der Waals surface area contributed by atoms with Gasteiger partial charge in [-0.1, -0.05) is 18.2 Å². The molecule has 2 aliphatic heterocycles. The van der Waals surface area contributed by atoms with Crippen molar-refractivity contribution in [1.29, 1.82) is 0 Å². The number of imidazole rings is 1. The molecule has 2 fully saturated rings. The second-order valence-electron chi connectivity index (χ2n) is 9.82. The Morgan fingerprint density at radius 1 is 0.946 bits per heavy atom. The van der Waals surface area contributed by atoms with E-state index >= 15 is 0 Å². The molecular weight excluding hydrogens is 470 g/mol. The van der Waals surface area contributed by atoms with E-state index < -0.39 is 0 Å². The summed E-state index contributed by atoms with van der Waals surface area (Å²) in [7, 11) is 0. The number of H-pyrrole nitrogens is 1. The summed E-state index contributed by atoms with van der Waals surface area (Å²) in [4.78, 5) is 49.1. The van der Waals surface area contributed by atoms with Crippen LogP contribution in [0.1, 0.15) is 32.6 Å². The van der Waals surface area contributed by atoms with Crippen molar-refractivity contribution in [1.82, 2.24) is 20.2 Å². The maximum Gasteiger partial charge on any atom is 0.317 e. The Morgan fingerprint density at radius 3 is 2.46 bits per heavy atom. The summed E-state index contributed by atoms with van der Waals surface area (Å²) in [5.41, 5.74) is 3.23. The largest absolute Gasteiger partial charge is 0.340 e. The molecule has 37 heavy (non-hydrogen) atoms. The fourth-order valence-corrected chi connectivity index (χ4v) is 5.11. The minimum absolute atomic E-state index is 0.0476. The highest BCUT2D eigenvalue weighted by atomic mass is 16.2. The molecule has 2 aliphatic rings. The fraction of sp³-hybridized carbons (Fsp3) is 0.407. The molecule has 3 aromatic rings. The zero-order chi connectivity index (χ0) is 25.8. The summed E-state index contributed by atoms with van der Waals surface area (Å²) in [6, 6.07) is 15.0. The van der Waals surface area contributed by atoms with Crippen LogP contribution in [-0.2, 0) is 9.59 Å². The van der Waals surface area contributed by atoms with Crippen molar-refractivity contribution in [3.05, 3.63) is 48.5 Å². The maximum absolute atomic E-state index is 13.0. The van der Waals surface area contributed by atoms with Crippen LogP contribution < -0.4 is 20.9 Å². The molecule has 194 valence electrons. The van der Waals surface area contributed by atoms with E-state index in [2.05, 4.69) is 25.8 Å². The van der Waals surface area contributed by atoms with Crippen LogP contribution in [0, 0.1) is 5.92 Å². The number of fused-ring (bicyclic) bond motifs is 1. The third-order valence-corrected chi connectivity index (χ3v) is 7.03. The molecule has 1 aromatic heterocycles. The number of piperidine rings is 2. The lowest BCUT2D eigenvalue weighted by Crippen LogP contribution is -2.53. The number of aromatic nitrogens is 2. The number of carbonyl (C=O) groups excluding carboxylic acids is 3. The topological polar surface area (TPSA) is 122 Å². The van der Waals surface area contributed by atoms with Crippen LogP contribution in [0.25, 0.3) is 11.0 Å². The SMILES string of the molecule is CC(=O)Nc1cccc(NC(=O)C2CCN(C(=O)NC3CCCN(c4nc5ccccc5[nH]4)C3)CC2)c1. The molecule has 4 amide bonds. The van der Waals surface area contributed by atoms with E-state index in [9.17, 15) is 14.4 Å². The average Bonchev–Trinajstić information content (AvgIpc) is 3.33. The number of carbonyl (C=O) groups is 3. The molecule has 0 saturated carbocycles. The highest BCUT2D eigenvalue weighted by Gasteiger charge is 2.30. The highest BCUT2D eigenvalue weighted by Crippen LogP contribution is 2.23. The molecule has 2 aromatic carbocycles. The smallest absolute Gasteiger partial charge is 0.317 e. The van der Waals surface area contributed by atoms with Gasteiger partial charge >= 0.3 is 6.03 Å². The number of amides is 4. The molecule has 0 spiro atoms. The van der Waals surface area contributed by atoms with Crippen LogP contribution in [0.5, 0.6) is 0 Å². The quantitative estimate of drug-likeness (QED) is 0.424. The Morgan fingerprint density at radius 2 is 1.70 bits per heavy atom. The summed E-state index contributed by atoms with van der Waals surface area (Å²) >= 11 is 0. The molecule has 10 heteroatoms. The number of para-hydroxylation sites is 2. The molecule has 0 bridgehead atoms. The van der Waals surface area contributed by atoms with Gasteiger partial charge in [0, 0.05) is 56.4 Å². The first kappa shape index (κ1) is 24.6. The van der Waals surface area contributed by atoms with Crippen LogP contribution in [0.3, 0.4) is 0 Å². The predicted octanol–water partition coefficient (Wildman–Crippen LogP) is 3.55. The second kappa shape index (κ2) is 10.9. The number of hydrogen-bond donors (Lipinski definition) is 4. The highest BCUT2D eigenvalue weighted by molar-refractivity contribution is 5.94. The minimum Gasteiger partial charge on any atom is -0.340 e. The molecule has 0 radical (unpaired) electrons. The van der Waals surface area contributed by atoms with Crippen LogP contribution in [0.4, 0.5) is 22.1 Å². The Hall–Kier alpha value is -4.08. The summed E-state index contributed by atoms with van der Waals surface area (Å²) in [5.74, 6) is 0.458. The third-order valence-electron chi connectivity index (χ3n) is 7.03. The number of nitrogens with zero attached hydrogens (tertiary/aromatic N) is 3. The van der Waals surface area contributed by atoms with E-state index in [-0.39, 0.29) is 29.8 Å². The van der Waals surface area contributed by atoms with Gasteiger partial charge in [-0.2, -0.15) is 0 Å². The van der Waals surface area contributed by atoms with Crippen molar-refractivity contribution in [2.24, 2.45) is 5.92 Å². The molecule has 1 atom stereocenters. The first-order valence-electron chi connectivity index (χ1n) is 12.9. The molecule has 4 N–H and O–H groups in total. The number of hydrogen-bond acceptors (Lipinski definition) is 5. The van der Waals surface area contributed by atoms with Gasteiger partial charge in [0.1, 0.15) is 0 Å². The Labute approximate surface area is 215 Å². The fourth-order valence-electron chi connectivity index (χ4n) is 5.11. The summed E-state index contributed by atoms with van der Waals surface area (Å²) in [6.45, 7) is 4.13. The van der Waals surface area contributed by atoms with Gasteiger partial charge in [-0.15, -0.1) is 0 Å². The van der Waals surface area contributed by atoms with Crippen molar-refractivity contribution in [2.75, 3.05) is 41.7 Å². The van der Waals surface area contributed by atoms with Crippen molar-refractivity contribution < 1.29 is 14.4 Å². The van der Waals surface area contributed by atoms with Gasteiger partial charge in [0.25, 0.3) is 0 Å². The van der Waals surface area contributed by atoms with Crippen LogP contribution in [0.15, 0.2) is 48.5 Å². The Kier molecular flexibility index (Phi) is 7.25. The zero-order valence-corrected chi connectivity index (χ0v) is 21.0. The maximum atomic E-state index is 13.0. The van der Waals surface area contributed by atoms with Gasteiger partial charge in [0.05, 0.1) is 11.0 Å². The van der Waals surface area contributed by atoms with Crippen LogP contribution >= 0.6 is 0 Å². The van der Waals surface area contributed by atoms with Gasteiger partial charge in [0.15, 0.2) is 0 Å². The number of benzene rings is 2. The lowest BCUT2D eigenvalue weighted by molar-refractivity contribution is -0.121. The van der Waals surface area contributed by atoms with E-state index in [0.717, 1.165) is 36.4 Å².